The Morgan fingerprint density at radius 3 is 2.89 bits per heavy atom. The van der Waals surface area contributed by atoms with E-state index in [1.54, 1.807) is 6.20 Å². The molecule has 1 fully saturated rings. The second-order valence-corrected chi connectivity index (χ2v) is 7.03. The predicted octanol–water partition coefficient (Wildman–Crippen LogP) is 4.45. The largest absolute Gasteiger partial charge is 0.487 e. The summed E-state index contributed by atoms with van der Waals surface area (Å²) in [5.74, 6) is 0.492. The van der Waals surface area contributed by atoms with Crippen LogP contribution in [0.15, 0.2) is 54.9 Å². The second kappa shape index (κ2) is 9.93. The van der Waals surface area contributed by atoms with E-state index in [0.717, 1.165) is 42.8 Å². The normalized spacial score (nSPS) is 16.5. The molecule has 2 heterocycles. The van der Waals surface area contributed by atoms with E-state index in [1.807, 2.05) is 19.2 Å². The maximum atomic E-state index is 11.5. The summed E-state index contributed by atoms with van der Waals surface area (Å²) in [7, 11) is 0. The minimum Gasteiger partial charge on any atom is -0.487 e. The summed E-state index contributed by atoms with van der Waals surface area (Å²) < 4.78 is 10.9. The SMILES string of the molecule is CCOC(=O)/C=C/CC1CCCN1c1cncc(OCc2ccc(C)cc2)c1. The molecule has 0 N–H and O–H groups in total. The first-order chi connectivity index (χ1) is 13.7. The molecule has 28 heavy (non-hydrogen) atoms. The van der Waals surface area contributed by atoms with Crippen LogP contribution in [0.25, 0.3) is 0 Å². The van der Waals surface area contributed by atoms with E-state index in [1.165, 1.54) is 11.6 Å². The lowest BCUT2D eigenvalue weighted by atomic mass is 10.1. The highest BCUT2D eigenvalue weighted by Gasteiger charge is 2.24. The van der Waals surface area contributed by atoms with E-state index in [4.69, 9.17) is 9.47 Å². The summed E-state index contributed by atoms with van der Waals surface area (Å²) in [6.07, 6.45) is 10.1. The molecule has 5 nitrogen and oxygen atoms in total. The molecule has 0 amide bonds. The van der Waals surface area contributed by atoms with Crippen LogP contribution >= 0.6 is 0 Å². The Bertz CT molecular complexity index is 802. The molecule has 1 saturated heterocycles. The minimum atomic E-state index is -0.278. The van der Waals surface area contributed by atoms with Gasteiger partial charge in [-0.3, -0.25) is 4.98 Å². The van der Waals surface area contributed by atoms with E-state index in [2.05, 4.69) is 47.1 Å². The van der Waals surface area contributed by atoms with E-state index >= 15 is 0 Å². The first kappa shape index (κ1) is 19.9. The van der Waals surface area contributed by atoms with Crippen molar-refractivity contribution in [2.75, 3.05) is 18.1 Å². The van der Waals surface area contributed by atoms with Gasteiger partial charge in [0.1, 0.15) is 12.4 Å². The van der Waals surface area contributed by atoms with Crippen LogP contribution in [0, 0.1) is 6.92 Å². The zero-order chi connectivity index (χ0) is 19.8. The highest BCUT2D eigenvalue weighted by Crippen LogP contribution is 2.29. The Balaban J connectivity index is 1.60. The quantitative estimate of drug-likeness (QED) is 0.500. The Labute approximate surface area is 167 Å². The molecule has 0 saturated carbocycles. The first-order valence-electron chi connectivity index (χ1n) is 9.89. The van der Waals surface area contributed by atoms with Crippen molar-refractivity contribution in [1.29, 1.82) is 0 Å². The highest BCUT2D eigenvalue weighted by molar-refractivity contribution is 5.81. The first-order valence-corrected chi connectivity index (χ1v) is 9.89. The molecule has 2 aromatic rings. The van der Waals surface area contributed by atoms with Gasteiger partial charge in [0.25, 0.3) is 0 Å². The lowest BCUT2D eigenvalue weighted by Crippen LogP contribution is -2.28. The number of aryl methyl sites for hydroxylation is 1. The molecule has 1 atom stereocenters. The zero-order valence-corrected chi connectivity index (χ0v) is 16.6. The van der Waals surface area contributed by atoms with Gasteiger partial charge in [-0.2, -0.15) is 0 Å². The Hall–Kier alpha value is -2.82. The van der Waals surface area contributed by atoms with Crippen molar-refractivity contribution in [2.24, 2.45) is 0 Å². The number of rotatable bonds is 8. The molecule has 0 radical (unpaired) electrons. The van der Waals surface area contributed by atoms with Crippen LogP contribution in [0.4, 0.5) is 5.69 Å². The molecular weight excluding hydrogens is 352 g/mol. The zero-order valence-electron chi connectivity index (χ0n) is 16.6. The average molecular weight is 380 g/mol. The van der Waals surface area contributed by atoms with Crippen molar-refractivity contribution in [3.05, 3.63) is 66.0 Å². The molecule has 1 aliphatic heterocycles. The summed E-state index contributed by atoms with van der Waals surface area (Å²) in [5.41, 5.74) is 3.44. The van der Waals surface area contributed by atoms with Gasteiger partial charge in [0.15, 0.2) is 0 Å². The number of pyridine rings is 1. The third-order valence-corrected chi connectivity index (χ3v) is 4.88. The minimum absolute atomic E-state index is 0.278. The fourth-order valence-corrected chi connectivity index (χ4v) is 3.43. The number of hydrogen-bond donors (Lipinski definition) is 0. The lowest BCUT2D eigenvalue weighted by Gasteiger charge is -2.26. The second-order valence-electron chi connectivity index (χ2n) is 7.03. The maximum absolute atomic E-state index is 11.5. The summed E-state index contributed by atoms with van der Waals surface area (Å²) in [5, 5.41) is 0. The van der Waals surface area contributed by atoms with Crippen LogP contribution < -0.4 is 9.64 Å². The molecule has 1 aromatic carbocycles. The van der Waals surface area contributed by atoms with Crippen molar-refractivity contribution >= 4 is 11.7 Å². The molecule has 1 aromatic heterocycles. The van der Waals surface area contributed by atoms with Gasteiger partial charge in [-0.15, -0.1) is 0 Å². The molecule has 1 aliphatic rings. The summed E-state index contributed by atoms with van der Waals surface area (Å²) in [4.78, 5) is 18.2. The van der Waals surface area contributed by atoms with Crippen molar-refractivity contribution in [2.45, 2.75) is 45.8 Å². The van der Waals surface area contributed by atoms with Gasteiger partial charge in [-0.05, 0) is 38.7 Å². The Kier molecular flexibility index (Phi) is 7.06. The van der Waals surface area contributed by atoms with Crippen LogP contribution in [0.2, 0.25) is 0 Å². The molecule has 0 aliphatic carbocycles. The predicted molar refractivity (Wildman–Crippen MR) is 111 cm³/mol. The van der Waals surface area contributed by atoms with Crippen molar-refractivity contribution < 1.29 is 14.3 Å². The van der Waals surface area contributed by atoms with Crippen molar-refractivity contribution in [3.8, 4) is 5.75 Å². The van der Waals surface area contributed by atoms with E-state index in [-0.39, 0.29) is 5.97 Å². The number of hydrogen-bond acceptors (Lipinski definition) is 5. The third kappa shape index (κ3) is 5.59. The number of aromatic nitrogens is 1. The Morgan fingerprint density at radius 2 is 2.11 bits per heavy atom. The van der Waals surface area contributed by atoms with Crippen molar-refractivity contribution in [1.82, 2.24) is 4.98 Å². The van der Waals surface area contributed by atoms with E-state index < -0.39 is 0 Å². The monoisotopic (exact) mass is 380 g/mol. The van der Waals surface area contributed by atoms with Gasteiger partial charge in [0.05, 0.1) is 24.7 Å². The number of carbonyl (C=O) groups is 1. The van der Waals surface area contributed by atoms with Gasteiger partial charge < -0.3 is 14.4 Å². The van der Waals surface area contributed by atoms with Gasteiger partial charge in [0.2, 0.25) is 0 Å². The standard InChI is InChI=1S/C23H28N2O3/c1-3-27-23(26)8-4-6-20-7-5-13-25(20)21-14-22(16-24-15-21)28-17-19-11-9-18(2)10-12-19/h4,8-12,14-16,20H,3,5-7,13,17H2,1-2H3/b8-4+. The van der Waals surface area contributed by atoms with Crippen molar-refractivity contribution in [3.63, 3.8) is 0 Å². The van der Waals surface area contributed by atoms with Gasteiger partial charge in [-0.25, -0.2) is 4.79 Å². The van der Waals surface area contributed by atoms with Crippen LogP contribution in [0.1, 0.15) is 37.3 Å². The number of anilines is 1. The fraction of sp³-hybridized carbons (Fsp3) is 0.391. The third-order valence-electron chi connectivity index (χ3n) is 4.88. The molecule has 0 spiro atoms. The number of esters is 1. The van der Waals surface area contributed by atoms with E-state index in [9.17, 15) is 4.79 Å². The van der Waals surface area contributed by atoms with Gasteiger partial charge in [0, 0.05) is 24.7 Å². The number of benzene rings is 1. The van der Waals surface area contributed by atoms with Crippen LogP contribution in [-0.4, -0.2) is 30.1 Å². The summed E-state index contributed by atoms with van der Waals surface area (Å²) in [6.45, 7) is 5.80. The summed E-state index contributed by atoms with van der Waals surface area (Å²) >= 11 is 0. The highest BCUT2D eigenvalue weighted by atomic mass is 16.5. The molecule has 5 heteroatoms. The molecule has 0 bridgehead atoms. The smallest absolute Gasteiger partial charge is 0.330 e. The van der Waals surface area contributed by atoms with Crippen LogP contribution in [-0.2, 0) is 16.1 Å². The molecule has 3 rings (SSSR count). The lowest BCUT2D eigenvalue weighted by molar-refractivity contribution is -0.137. The Morgan fingerprint density at radius 1 is 1.29 bits per heavy atom. The number of nitrogens with zero attached hydrogens (tertiary/aromatic N) is 2. The fourth-order valence-electron chi connectivity index (χ4n) is 3.43. The number of ether oxygens (including phenoxy) is 2. The van der Waals surface area contributed by atoms with Crippen LogP contribution in [0.5, 0.6) is 5.75 Å². The number of carbonyl (C=O) groups excluding carboxylic acids is 1. The van der Waals surface area contributed by atoms with Crippen LogP contribution in [0.3, 0.4) is 0 Å². The molecular formula is C23H28N2O3. The maximum Gasteiger partial charge on any atom is 0.330 e. The topological polar surface area (TPSA) is 51.7 Å². The van der Waals surface area contributed by atoms with Gasteiger partial charge >= 0.3 is 5.97 Å². The van der Waals surface area contributed by atoms with Gasteiger partial charge in [-0.1, -0.05) is 35.9 Å². The van der Waals surface area contributed by atoms with E-state index in [0.29, 0.717) is 19.3 Å². The average Bonchev–Trinajstić information content (AvgIpc) is 3.17. The summed E-state index contributed by atoms with van der Waals surface area (Å²) in [6, 6.07) is 10.8. The molecule has 148 valence electrons. The molecule has 1 unspecified atom stereocenters.